The van der Waals surface area contributed by atoms with Crippen LogP contribution in [0, 0.1) is 0 Å². The Morgan fingerprint density at radius 1 is 1.32 bits per heavy atom. The SMILES string of the molecule is COc1cccc(C(C)=CC(=O)N2CCN(CC3CCCO3)CC2)c1. The Hall–Kier alpha value is -1.85. The maximum atomic E-state index is 12.6. The quantitative estimate of drug-likeness (QED) is 0.770. The molecule has 3 rings (SSSR count). The van der Waals surface area contributed by atoms with Crippen LogP contribution in [0.25, 0.3) is 5.57 Å². The summed E-state index contributed by atoms with van der Waals surface area (Å²) in [6, 6.07) is 7.81. The molecule has 0 aromatic heterocycles. The first-order valence-corrected chi connectivity index (χ1v) is 9.11. The standard InChI is InChI=1S/C20H28N2O3/c1-16(17-5-3-6-18(14-17)24-2)13-20(23)22-10-8-21(9-11-22)15-19-7-4-12-25-19/h3,5-6,13-14,19H,4,7-12,15H2,1-2H3. The van der Waals surface area contributed by atoms with Crippen molar-refractivity contribution in [3.63, 3.8) is 0 Å². The third-order valence-electron chi connectivity index (χ3n) is 5.03. The van der Waals surface area contributed by atoms with Crippen LogP contribution in [0.1, 0.15) is 25.3 Å². The second-order valence-corrected chi connectivity index (χ2v) is 6.82. The van der Waals surface area contributed by atoms with Gasteiger partial charge in [0.25, 0.3) is 0 Å². The summed E-state index contributed by atoms with van der Waals surface area (Å²) in [4.78, 5) is 16.9. The van der Waals surface area contributed by atoms with E-state index in [9.17, 15) is 4.79 Å². The molecule has 0 spiro atoms. The van der Waals surface area contributed by atoms with Crippen molar-refractivity contribution in [2.75, 3.05) is 46.4 Å². The summed E-state index contributed by atoms with van der Waals surface area (Å²) in [6.45, 7) is 7.30. The Labute approximate surface area is 150 Å². The van der Waals surface area contributed by atoms with Crippen LogP contribution in [0.4, 0.5) is 0 Å². The van der Waals surface area contributed by atoms with E-state index in [1.54, 1.807) is 13.2 Å². The molecule has 0 N–H and O–H groups in total. The van der Waals surface area contributed by atoms with Crippen LogP contribution >= 0.6 is 0 Å². The largest absolute Gasteiger partial charge is 0.497 e. The van der Waals surface area contributed by atoms with E-state index in [1.165, 1.54) is 12.8 Å². The van der Waals surface area contributed by atoms with Gasteiger partial charge in [0.05, 0.1) is 13.2 Å². The zero-order valence-electron chi connectivity index (χ0n) is 15.2. The Morgan fingerprint density at radius 3 is 2.80 bits per heavy atom. The lowest BCUT2D eigenvalue weighted by Crippen LogP contribution is -2.50. The molecule has 2 saturated heterocycles. The molecule has 0 aliphatic carbocycles. The number of ether oxygens (including phenoxy) is 2. The second-order valence-electron chi connectivity index (χ2n) is 6.82. The summed E-state index contributed by atoms with van der Waals surface area (Å²) in [6.07, 6.45) is 4.47. The highest BCUT2D eigenvalue weighted by molar-refractivity contribution is 5.95. The van der Waals surface area contributed by atoms with Gasteiger partial charge in [0.15, 0.2) is 0 Å². The van der Waals surface area contributed by atoms with Crippen LogP contribution in [0.15, 0.2) is 30.3 Å². The number of piperazine rings is 1. The lowest BCUT2D eigenvalue weighted by atomic mass is 10.1. The summed E-state index contributed by atoms with van der Waals surface area (Å²) in [5.74, 6) is 0.900. The summed E-state index contributed by atoms with van der Waals surface area (Å²) < 4.78 is 11.0. The molecule has 2 fully saturated rings. The first-order chi connectivity index (χ1) is 12.2. The van der Waals surface area contributed by atoms with Crippen molar-refractivity contribution in [2.24, 2.45) is 0 Å². The van der Waals surface area contributed by atoms with Gasteiger partial charge in [-0.3, -0.25) is 9.69 Å². The maximum Gasteiger partial charge on any atom is 0.246 e. The Morgan fingerprint density at radius 2 is 2.12 bits per heavy atom. The van der Waals surface area contributed by atoms with E-state index in [0.717, 1.165) is 56.2 Å². The predicted octanol–water partition coefficient (Wildman–Crippen LogP) is 2.42. The van der Waals surface area contributed by atoms with Gasteiger partial charge < -0.3 is 14.4 Å². The monoisotopic (exact) mass is 344 g/mol. The molecule has 1 atom stereocenters. The number of amides is 1. The lowest BCUT2D eigenvalue weighted by molar-refractivity contribution is -0.127. The van der Waals surface area contributed by atoms with E-state index in [2.05, 4.69) is 4.90 Å². The molecule has 1 aromatic carbocycles. The molecule has 0 radical (unpaired) electrons. The molecule has 5 heteroatoms. The van der Waals surface area contributed by atoms with Crippen molar-refractivity contribution in [3.05, 3.63) is 35.9 Å². The number of methoxy groups -OCH3 is 1. The number of hydrogen-bond donors (Lipinski definition) is 0. The fourth-order valence-corrected chi connectivity index (χ4v) is 3.46. The van der Waals surface area contributed by atoms with Crippen LogP contribution < -0.4 is 4.74 Å². The van der Waals surface area contributed by atoms with Gasteiger partial charge in [-0.2, -0.15) is 0 Å². The average Bonchev–Trinajstić information content (AvgIpc) is 3.15. The molecule has 25 heavy (non-hydrogen) atoms. The van der Waals surface area contributed by atoms with E-state index in [4.69, 9.17) is 9.47 Å². The number of allylic oxidation sites excluding steroid dienone is 1. The van der Waals surface area contributed by atoms with Crippen LogP contribution in [0.3, 0.4) is 0 Å². The fourth-order valence-electron chi connectivity index (χ4n) is 3.46. The Kier molecular flexibility index (Phi) is 6.10. The van der Waals surface area contributed by atoms with Gasteiger partial charge in [-0.15, -0.1) is 0 Å². The molecule has 1 aromatic rings. The third kappa shape index (κ3) is 4.83. The minimum Gasteiger partial charge on any atom is -0.497 e. The molecule has 0 bridgehead atoms. The number of nitrogens with zero attached hydrogens (tertiary/aromatic N) is 2. The van der Waals surface area contributed by atoms with Crippen molar-refractivity contribution in [1.82, 2.24) is 9.80 Å². The Bertz CT molecular complexity index is 615. The highest BCUT2D eigenvalue weighted by Gasteiger charge is 2.24. The van der Waals surface area contributed by atoms with Gasteiger partial charge in [0.2, 0.25) is 5.91 Å². The van der Waals surface area contributed by atoms with E-state index in [0.29, 0.717) is 6.10 Å². The van der Waals surface area contributed by atoms with Gasteiger partial charge in [0, 0.05) is 45.4 Å². The highest BCUT2D eigenvalue weighted by Crippen LogP contribution is 2.20. The van der Waals surface area contributed by atoms with Crippen molar-refractivity contribution in [1.29, 1.82) is 0 Å². The topological polar surface area (TPSA) is 42.0 Å². The zero-order chi connectivity index (χ0) is 17.6. The molecular formula is C20H28N2O3. The number of rotatable bonds is 5. The average molecular weight is 344 g/mol. The zero-order valence-corrected chi connectivity index (χ0v) is 15.2. The molecule has 0 saturated carbocycles. The number of carbonyl (C=O) groups is 1. The van der Waals surface area contributed by atoms with Crippen LogP contribution in [-0.4, -0.2) is 68.3 Å². The lowest BCUT2D eigenvalue weighted by Gasteiger charge is -2.35. The fraction of sp³-hybridized carbons (Fsp3) is 0.550. The van der Waals surface area contributed by atoms with E-state index in [-0.39, 0.29) is 5.91 Å². The van der Waals surface area contributed by atoms with E-state index >= 15 is 0 Å². The number of carbonyl (C=O) groups excluding carboxylic acids is 1. The minimum absolute atomic E-state index is 0.0945. The molecule has 2 aliphatic heterocycles. The maximum absolute atomic E-state index is 12.6. The van der Waals surface area contributed by atoms with Gasteiger partial charge in [-0.05, 0) is 43.0 Å². The van der Waals surface area contributed by atoms with Crippen molar-refractivity contribution < 1.29 is 14.3 Å². The molecule has 5 nitrogen and oxygen atoms in total. The summed E-state index contributed by atoms with van der Waals surface area (Å²) >= 11 is 0. The first-order valence-electron chi connectivity index (χ1n) is 9.11. The number of hydrogen-bond acceptors (Lipinski definition) is 4. The smallest absolute Gasteiger partial charge is 0.246 e. The van der Waals surface area contributed by atoms with Crippen molar-refractivity contribution in [2.45, 2.75) is 25.9 Å². The third-order valence-corrected chi connectivity index (χ3v) is 5.03. The first kappa shape index (κ1) is 18.0. The molecule has 1 unspecified atom stereocenters. The predicted molar refractivity (Wildman–Crippen MR) is 98.6 cm³/mol. The minimum atomic E-state index is 0.0945. The second kappa shape index (κ2) is 8.50. The van der Waals surface area contributed by atoms with Gasteiger partial charge >= 0.3 is 0 Å². The van der Waals surface area contributed by atoms with Crippen LogP contribution in [-0.2, 0) is 9.53 Å². The summed E-state index contributed by atoms with van der Waals surface area (Å²) in [7, 11) is 1.65. The molecule has 1 amide bonds. The van der Waals surface area contributed by atoms with Gasteiger partial charge in [-0.25, -0.2) is 0 Å². The summed E-state index contributed by atoms with van der Waals surface area (Å²) in [5.41, 5.74) is 1.98. The van der Waals surface area contributed by atoms with Crippen LogP contribution in [0.5, 0.6) is 5.75 Å². The van der Waals surface area contributed by atoms with E-state index in [1.807, 2.05) is 36.1 Å². The molecule has 136 valence electrons. The molecule has 2 heterocycles. The molecule has 2 aliphatic rings. The van der Waals surface area contributed by atoms with Crippen LogP contribution in [0.2, 0.25) is 0 Å². The summed E-state index contributed by atoms with van der Waals surface area (Å²) in [5, 5.41) is 0. The van der Waals surface area contributed by atoms with Crippen molar-refractivity contribution >= 4 is 11.5 Å². The number of benzene rings is 1. The van der Waals surface area contributed by atoms with E-state index < -0.39 is 0 Å². The molecular weight excluding hydrogens is 316 g/mol. The van der Waals surface area contributed by atoms with Gasteiger partial charge in [-0.1, -0.05) is 12.1 Å². The van der Waals surface area contributed by atoms with Crippen molar-refractivity contribution in [3.8, 4) is 5.75 Å². The normalized spacial score (nSPS) is 22.2. The van der Waals surface area contributed by atoms with Gasteiger partial charge in [0.1, 0.15) is 5.75 Å². The Balaban J connectivity index is 1.52. The highest BCUT2D eigenvalue weighted by atomic mass is 16.5.